The van der Waals surface area contributed by atoms with E-state index in [2.05, 4.69) is 6.07 Å². The minimum Gasteiger partial charge on any atom is -0.271 e. The lowest BCUT2D eigenvalue weighted by Gasteiger charge is -2.21. The van der Waals surface area contributed by atoms with Gasteiger partial charge in [0.1, 0.15) is 0 Å². The Morgan fingerprint density at radius 2 is 1.94 bits per heavy atom. The van der Waals surface area contributed by atoms with Crippen LogP contribution in [0.2, 0.25) is 0 Å². The Kier molecular flexibility index (Phi) is 2.04. The second kappa shape index (κ2) is 3.32. The lowest BCUT2D eigenvalue weighted by molar-refractivity contribution is -0.128. The summed E-state index contributed by atoms with van der Waals surface area (Å²) in [5.41, 5.74) is 1.79. The van der Waals surface area contributed by atoms with Crippen LogP contribution in [-0.2, 0) is 15.0 Å². The summed E-state index contributed by atoms with van der Waals surface area (Å²) < 4.78 is 0. The highest BCUT2D eigenvalue weighted by Crippen LogP contribution is 2.51. The van der Waals surface area contributed by atoms with Crippen molar-refractivity contribution in [2.45, 2.75) is 31.1 Å². The Morgan fingerprint density at radius 3 is 2.62 bits per heavy atom. The van der Waals surface area contributed by atoms with E-state index in [0.717, 1.165) is 36.9 Å². The molecule has 1 amide bonds. The van der Waals surface area contributed by atoms with E-state index >= 15 is 0 Å². The monoisotopic (exact) mass is 217 g/mol. The van der Waals surface area contributed by atoms with Crippen molar-refractivity contribution in [1.82, 2.24) is 0 Å². The van der Waals surface area contributed by atoms with Gasteiger partial charge in [0.05, 0.1) is 18.2 Å². The lowest BCUT2D eigenvalue weighted by atomic mass is 9.80. The molecule has 0 unspecified atom stereocenters. The molecule has 3 rings (SSSR count). The average molecular weight is 217 g/mol. The Bertz CT molecular complexity index is 435. The molecule has 84 valence electrons. The normalized spacial score (nSPS) is 21.8. The fourth-order valence-corrected chi connectivity index (χ4v) is 3.12. The van der Waals surface area contributed by atoms with Gasteiger partial charge in [-0.3, -0.25) is 9.63 Å². The quantitative estimate of drug-likeness (QED) is 0.723. The van der Waals surface area contributed by atoms with Gasteiger partial charge in [0.15, 0.2) is 0 Å². The van der Waals surface area contributed by atoms with E-state index in [9.17, 15) is 4.79 Å². The number of hydroxylamine groups is 1. The zero-order valence-corrected chi connectivity index (χ0v) is 9.40. The van der Waals surface area contributed by atoms with Crippen molar-refractivity contribution in [1.29, 1.82) is 0 Å². The van der Waals surface area contributed by atoms with Crippen LogP contribution < -0.4 is 5.06 Å². The maximum atomic E-state index is 12.4. The van der Waals surface area contributed by atoms with Crippen molar-refractivity contribution >= 4 is 11.6 Å². The highest BCUT2D eigenvalue weighted by molar-refractivity contribution is 6.06. The summed E-state index contributed by atoms with van der Waals surface area (Å²) in [6, 6.07) is 7.98. The van der Waals surface area contributed by atoms with Crippen LogP contribution in [-0.4, -0.2) is 13.0 Å². The van der Waals surface area contributed by atoms with E-state index in [1.807, 2.05) is 18.2 Å². The summed E-state index contributed by atoms with van der Waals surface area (Å²) in [6.45, 7) is 0. The molecule has 1 spiro atoms. The van der Waals surface area contributed by atoms with Crippen LogP contribution in [0.15, 0.2) is 24.3 Å². The lowest BCUT2D eigenvalue weighted by Crippen LogP contribution is -2.37. The molecule has 0 saturated heterocycles. The number of para-hydroxylation sites is 1. The Balaban J connectivity index is 2.19. The second-order valence-corrected chi connectivity index (χ2v) is 4.59. The average Bonchev–Trinajstić information content (AvgIpc) is 2.88. The van der Waals surface area contributed by atoms with Crippen molar-refractivity contribution < 1.29 is 9.63 Å². The van der Waals surface area contributed by atoms with Crippen molar-refractivity contribution in [3.05, 3.63) is 29.8 Å². The minimum atomic E-state index is -0.285. The molecule has 0 N–H and O–H groups in total. The molecule has 1 fully saturated rings. The number of hydrogen-bond donors (Lipinski definition) is 0. The molecule has 1 aromatic rings. The standard InChI is InChI=1S/C13H15NO2/c1-16-14-11-7-3-2-6-10(11)13(12(14)15)8-4-5-9-13/h2-3,6-7H,4-5,8-9H2,1H3. The molecule has 0 radical (unpaired) electrons. The van der Waals surface area contributed by atoms with E-state index in [1.165, 1.54) is 5.06 Å². The first kappa shape index (κ1) is 9.85. The Morgan fingerprint density at radius 1 is 1.25 bits per heavy atom. The highest BCUT2D eigenvalue weighted by atomic mass is 16.7. The first-order chi connectivity index (χ1) is 7.79. The molecule has 0 aromatic heterocycles. The van der Waals surface area contributed by atoms with Gasteiger partial charge in [-0.25, -0.2) is 0 Å². The molecule has 0 atom stereocenters. The Labute approximate surface area is 95.0 Å². The number of carbonyl (C=O) groups is 1. The van der Waals surface area contributed by atoms with Gasteiger partial charge in [-0.1, -0.05) is 31.0 Å². The third-order valence-corrected chi connectivity index (χ3v) is 3.87. The summed E-state index contributed by atoms with van der Waals surface area (Å²) in [6.07, 6.45) is 4.20. The van der Waals surface area contributed by atoms with Crippen LogP contribution in [0, 0.1) is 0 Å². The van der Waals surface area contributed by atoms with Crippen LogP contribution in [0.4, 0.5) is 5.69 Å². The molecule has 1 heterocycles. The fraction of sp³-hybridized carbons (Fsp3) is 0.462. The largest absolute Gasteiger partial charge is 0.271 e. The maximum absolute atomic E-state index is 12.4. The van der Waals surface area contributed by atoms with E-state index in [-0.39, 0.29) is 11.3 Å². The smallest absolute Gasteiger partial charge is 0.261 e. The van der Waals surface area contributed by atoms with Crippen LogP contribution in [0.5, 0.6) is 0 Å². The molecule has 1 saturated carbocycles. The van der Waals surface area contributed by atoms with Crippen LogP contribution in [0.25, 0.3) is 0 Å². The van der Waals surface area contributed by atoms with Gasteiger partial charge in [-0.15, -0.1) is 0 Å². The van der Waals surface area contributed by atoms with E-state index in [4.69, 9.17) is 4.84 Å². The van der Waals surface area contributed by atoms with Gasteiger partial charge < -0.3 is 0 Å². The summed E-state index contributed by atoms with van der Waals surface area (Å²) in [4.78, 5) is 17.6. The molecule has 16 heavy (non-hydrogen) atoms. The van der Waals surface area contributed by atoms with Crippen molar-refractivity contribution in [3.8, 4) is 0 Å². The summed E-state index contributed by atoms with van der Waals surface area (Å²) in [5.74, 6) is 0.119. The van der Waals surface area contributed by atoms with E-state index in [1.54, 1.807) is 7.11 Å². The van der Waals surface area contributed by atoms with Gasteiger partial charge in [-0.2, -0.15) is 5.06 Å². The molecular formula is C13H15NO2. The number of fused-ring (bicyclic) bond motifs is 2. The van der Waals surface area contributed by atoms with Crippen molar-refractivity contribution in [2.24, 2.45) is 0 Å². The SMILES string of the molecule is CON1C(=O)C2(CCCC2)c2ccccc21. The van der Waals surface area contributed by atoms with Crippen LogP contribution in [0.3, 0.4) is 0 Å². The van der Waals surface area contributed by atoms with E-state index in [0.29, 0.717) is 0 Å². The number of amides is 1. The highest BCUT2D eigenvalue weighted by Gasteiger charge is 2.52. The predicted molar refractivity (Wildman–Crippen MR) is 61.1 cm³/mol. The topological polar surface area (TPSA) is 29.5 Å². The van der Waals surface area contributed by atoms with Crippen molar-refractivity contribution in [2.75, 3.05) is 12.2 Å². The second-order valence-electron chi connectivity index (χ2n) is 4.59. The zero-order chi connectivity index (χ0) is 11.2. The first-order valence-corrected chi connectivity index (χ1v) is 5.78. The number of hydrogen-bond acceptors (Lipinski definition) is 2. The van der Waals surface area contributed by atoms with Gasteiger partial charge in [0, 0.05) is 0 Å². The minimum absolute atomic E-state index is 0.119. The van der Waals surface area contributed by atoms with E-state index < -0.39 is 0 Å². The van der Waals surface area contributed by atoms with Crippen molar-refractivity contribution in [3.63, 3.8) is 0 Å². The third kappa shape index (κ3) is 1.04. The molecule has 1 aliphatic carbocycles. The molecule has 3 nitrogen and oxygen atoms in total. The Hall–Kier alpha value is -1.35. The predicted octanol–water partition coefficient (Wildman–Crippen LogP) is 2.41. The zero-order valence-electron chi connectivity index (χ0n) is 9.40. The fourth-order valence-electron chi connectivity index (χ4n) is 3.12. The van der Waals surface area contributed by atoms with Gasteiger partial charge in [0.25, 0.3) is 5.91 Å². The first-order valence-electron chi connectivity index (χ1n) is 5.78. The van der Waals surface area contributed by atoms with Gasteiger partial charge in [-0.05, 0) is 24.5 Å². The number of rotatable bonds is 1. The summed E-state index contributed by atoms with van der Waals surface area (Å²) in [7, 11) is 1.56. The molecule has 0 bridgehead atoms. The van der Waals surface area contributed by atoms with Gasteiger partial charge >= 0.3 is 0 Å². The molecule has 1 aromatic carbocycles. The van der Waals surface area contributed by atoms with Crippen LogP contribution >= 0.6 is 0 Å². The molecule has 3 heteroatoms. The molecule has 1 aliphatic heterocycles. The summed E-state index contributed by atoms with van der Waals surface area (Å²) >= 11 is 0. The number of anilines is 1. The number of nitrogens with zero attached hydrogens (tertiary/aromatic N) is 1. The number of carbonyl (C=O) groups excluding carboxylic acids is 1. The maximum Gasteiger partial charge on any atom is 0.261 e. The molecule has 2 aliphatic rings. The third-order valence-electron chi connectivity index (χ3n) is 3.87. The number of benzene rings is 1. The van der Waals surface area contributed by atoms with Gasteiger partial charge in [0.2, 0.25) is 0 Å². The van der Waals surface area contributed by atoms with Crippen LogP contribution in [0.1, 0.15) is 31.2 Å². The summed E-state index contributed by atoms with van der Waals surface area (Å²) in [5, 5.41) is 1.46. The molecular weight excluding hydrogens is 202 g/mol.